The molecule has 1 atom stereocenters. The Morgan fingerprint density at radius 2 is 2.08 bits per heavy atom. The molecule has 0 heterocycles. The predicted molar refractivity (Wildman–Crippen MR) is 96.2 cm³/mol. The highest BCUT2D eigenvalue weighted by Gasteiger charge is 2.19. The highest BCUT2D eigenvalue weighted by atomic mass is 35.5. The molecule has 0 saturated carbocycles. The summed E-state index contributed by atoms with van der Waals surface area (Å²) in [5, 5.41) is 9.39. The number of benzene rings is 2. The lowest BCUT2D eigenvalue weighted by Crippen LogP contribution is -2.23. The number of rotatable bonds is 7. The monoisotopic (exact) mass is 360 g/mol. The van der Waals surface area contributed by atoms with Gasteiger partial charge in [0.1, 0.15) is 12.4 Å². The number of carboxylic acids is 1. The Bertz CT molecular complexity index is 744. The normalized spacial score (nSPS) is 16.3. The zero-order valence-electron chi connectivity index (χ0n) is 13.9. The maximum Gasteiger partial charge on any atom is 0.305 e. The summed E-state index contributed by atoms with van der Waals surface area (Å²) in [4.78, 5) is 10.6. The van der Waals surface area contributed by atoms with Crippen LogP contribution in [0.5, 0.6) is 5.75 Å². The van der Waals surface area contributed by atoms with Crippen LogP contribution in [0.3, 0.4) is 0 Å². The Labute approximate surface area is 152 Å². The van der Waals surface area contributed by atoms with Gasteiger partial charge in [-0.25, -0.2) is 0 Å². The van der Waals surface area contributed by atoms with Crippen molar-refractivity contribution in [2.24, 2.45) is 0 Å². The summed E-state index contributed by atoms with van der Waals surface area (Å²) in [6.07, 6.45) is 2.81. The second-order valence-electron chi connectivity index (χ2n) is 6.23. The molecule has 2 aromatic rings. The van der Waals surface area contributed by atoms with Crippen molar-refractivity contribution in [3.63, 3.8) is 0 Å². The topological polar surface area (TPSA) is 55.8 Å². The van der Waals surface area contributed by atoms with Crippen LogP contribution in [0.2, 0.25) is 5.02 Å². The summed E-state index contributed by atoms with van der Waals surface area (Å²) in [5.74, 6) is 0.0293. The first-order valence-corrected chi connectivity index (χ1v) is 8.80. The third-order valence-corrected chi connectivity index (χ3v) is 4.56. The van der Waals surface area contributed by atoms with Crippen LogP contribution >= 0.6 is 11.6 Å². The van der Waals surface area contributed by atoms with Gasteiger partial charge in [-0.05, 0) is 60.2 Å². The number of carbonyl (C=O) groups is 1. The van der Waals surface area contributed by atoms with Gasteiger partial charge < -0.3 is 14.6 Å². The van der Waals surface area contributed by atoms with Gasteiger partial charge in [0.25, 0.3) is 0 Å². The summed E-state index contributed by atoms with van der Waals surface area (Å²) < 4.78 is 11.5. The van der Waals surface area contributed by atoms with Crippen molar-refractivity contribution >= 4 is 17.6 Å². The first kappa shape index (κ1) is 17.8. The van der Waals surface area contributed by atoms with Gasteiger partial charge in [-0.1, -0.05) is 29.8 Å². The van der Waals surface area contributed by atoms with Crippen LogP contribution in [0, 0.1) is 0 Å². The number of aryl methyl sites for hydroxylation is 1. The lowest BCUT2D eigenvalue weighted by atomic mass is 9.89. The van der Waals surface area contributed by atoms with Gasteiger partial charge in [-0.2, -0.15) is 0 Å². The molecule has 0 aromatic heterocycles. The quantitative estimate of drug-likeness (QED) is 0.801. The van der Waals surface area contributed by atoms with E-state index in [0.29, 0.717) is 11.6 Å². The second-order valence-corrected chi connectivity index (χ2v) is 6.66. The van der Waals surface area contributed by atoms with E-state index in [1.165, 1.54) is 11.1 Å². The van der Waals surface area contributed by atoms with Crippen molar-refractivity contribution in [1.29, 1.82) is 0 Å². The fraction of sp³-hybridized carbons (Fsp3) is 0.350. The minimum atomic E-state index is -0.822. The Morgan fingerprint density at radius 1 is 1.20 bits per heavy atom. The van der Waals surface area contributed by atoms with Crippen LogP contribution in [-0.4, -0.2) is 23.8 Å². The summed E-state index contributed by atoms with van der Waals surface area (Å²) >= 11 is 5.99. The third-order valence-electron chi connectivity index (χ3n) is 4.32. The van der Waals surface area contributed by atoms with Gasteiger partial charge in [0.2, 0.25) is 0 Å². The Balaban J connectivity index is 1.55. The van der Waals surface area contributed by atoms with Crippen LogP contribution in [0.25, 0.3) is 0 Å². The fourth-order valence-electron chi connectivity index (χ4n) is 3.04. The van der Waals surface area contributed by atoms with Crippen LogP contribution in [0.1, 0.15) is 29.5 Å². The van der Waals surface area contributed by atoms with Gasteiger partial charge in [0.05, 0.1) is 19.1 Å². The Kier molecular flexibility index (Phi) is 5.95. The Morgan fingerprint density at radius 3 is 2.88 bits per heavy atom. The van der Waals surface area contributed by atoms with Gasteiger partial charge >= 0.3 is 5.97 Å². The Hall–Kier alpha value is -2.04. The lowest BCUT2D eigenvalue weighted by Gasteiger charge is -2.25. The minimum Gasteiger partial charge on any atom is -0.489 e. The molecule has 0 fully saturated rings. The SMILES string of the molecule is O=C(O)CCOC1CCc2cc(OCc3cccc(Cl)c3)ccc2C1. The van der Waals surface area contributed by atoms with Crippen molar-refractivity contribution in [3.05, 3.63) is 64.2 Å². The summed E-state index contributed by atoms with van der Waals surface area (Å²) in [5.41, 5.74) is 3.57. The molecule has 0 bridgehead atoms. The number of carboxylic acid groups (broad SMARTS) is 1. The van der Waals surface area contributed by atoms with Gasteiger partial charge in [0.15, 0.2) is 0 Å². The summed E-state index contributed by atoms with van der Waals surface area (Å²) in [6, 6.07) is 13.8. The van der Waals surface area contributed by atoms with Crippen molar-refractivity contribution in [2.75, 3.05) is 6.61 Å². The molecule has 132 valence electrons. The average Bonchev–Trinajstić information content (AvgIpc) is 2.59. The molecule has 25 heavy (non-hydrogen) atoms. The predicted octanol–water partition coefficient (Wildman–Crippen LogP) is 4.27. The molecule has 4 nitrogen and oxygen atoms in total. The van der Waals surface area contributed by atoms with Crippen molar-refractivity contribution in [2.45, 2.75) is 38.4 Å². The molecule has 3 rings (SSSR count). The highest BCUT2D eigenvalue weighted by molar-refractivity contribution is 6.30. The molecular weight excluding hydrogens is 340 g/mol. The first-order valence-electron chi connectivity index (χ1n) is 8.42. The van der Waals surface area contributed by atoms with Crippen LogP contribution in [-0.2, 0) is 29.0 Å². The van der Waals surface area contributed by atoms with E-state index in [9.17, 15) is 4.79 Å². The van der Waals surface area contributed by atoms with Crippen molar-refractivity contribution in [3.8, 4) is 5.75 Å². The van der Waals surface area contributed by atoms with E-state index in [2.05, 4.69) is 12.1 Å². The molecule has 0 spiro atoms. The smallest absolute Gasteiger partial charge is 0.305 e. The maximum atomic E-state index is 10.6. The van der Waals surface area contributed by atoms with E-state index in [1.54, 1.807) is 0 Å². The standard InChI is InChI=1S/C20H21ClO4/c21-17-3-1-2-14(10-17)13-25-19-7-5-15-11-18(6-4-16(15)12-19)24-9-8-20(22)23/h1-3,5,7,10,12,18H,4,6,8-9,11,13H2,(H,22,23). The molecule has 0 saturated heterocycles. The van der Waals surface area contributed by atoms with E-state index >= 15 is 0 Å². The molecule has 5 heteroatoms. The minimum absolute atomic E-state index is 0.0552. The zero-order chi connectivity index (χ0) is 17.6. The van der Waals surface area contributed by atoms with Crippen LogP contribution in [0.15, 0.2) is 42.5 Å². The molecule has 0 amide bonds. The van der Waals surface area contributed by atoms with Crippen molar-refractivity contribution in [1.82, 2.24) is 0 Å². The fourth-order valence-corrected chi connectivity index (χ4v) is 3.25. The molecule has 0 aliphatic heterocycles. The summed E-state index contributed by atoms with van der Waals surface area (Å²) in [6.45, 7) is 0.760. The van der Waals surface area contributed by atoms with Crippen LogP contribution in [0.4, 0.5) is 0 Å². The molecule has 2 aromatic carbocycles. The van der Waals surface area contributed by atoms with E-state index < -0.39 is 5.97 Å². The number of aliphatic carboxylic acids is 1. The number of hydrogen-bond acceptors (Lipinski definition) is 3. The second kappa shape index (κ2) is 8.37. The highest BCUT2D eigenvalue weighted by Crippen LogP contribution is 2.27. The molecular formula is C20H21ClO4. The molecule has 1 aliphatic rings. The maximum absolute atomic E-state index is 10.6. The van der Waals surface area contributed by atoms with Crippen molar-refractivity contribution < 1.29 is 19.4 Å². The number of halogens is 1. The summed E-state index contributed by atoms with van der Waals surface area (Å²) in [7, 11) is 0. The number of ether oxygens (including phenoxy) is 2. The zero-order valence-corrected chi connectivity index (χ0v) is 14.7. The van der Waals surface area contributed by atoms with Gasteiger partial charge in [0, 0.05) is 5.02 Å². The molecule has 1 unspecified atom stereocenters. The van der Waals surface area contributed by atoms with Gasteiger partial charge in [-0.15, -0.1) is 0 Å². The third kappa shape index (κ3) is 5.21. The first-order chi connectivity index (χ1) is 12.1. The molecule has 0 radical (unpaired) electrons. The van der Waals surface area contributed by atoms with Gasteiger partial charge in [-0.3, -0.25) is 4.79 Å². The molecule has 1 N–H and O–H groups in total. The van der Waals surface area contributed by atoms with E-state index in [-0.39, 0.29) is 19.1 Å². The molecule has 1 aliphatic carbocycles. The number of hydrogen-bond donors (Lipinski definition) is 1. The van der Waals surface area contributed by atoms with E-state index in [1.807, 2.05) is 30.3 Å². The average molecular weight is 361 g/mol. The van der Waals surface area contributed by atoms with Crippen LogP contribution < -0.4 is 4.74 Å². The lowest BCUT2D eigenvalue weighted by molar-refractivity contribution is -0.138. The largest absolute Gasteiger partial charge is 0.489 e. The van der Waals surface area contributed by atoms with E-state index in [0.717, 1.165) is 30.6 Å². The van der Waals surface area contributed by atoms with E-state index in [4.69, 9.17) is 26.2 Å². The number of fused-ring (bicyclic) bond motifs is 1.